The monoisotopic (exact) mass is 168 g/mol. The molecule has 2 heterocycles. The van der Waals surface area contributed by atoms with Crippen LogP contribution in [0.4, 0.5) is 0 Å². The fourth-order valence-corrected chi connectivity index (χ4v) is 1.89. The van der Waals surface area contributed by atoms with Crippen LogP contribution < -0.4 is 0 Å². The van der Waals surface area contributed by atoms with Crippen molar-refractivity contribution in [3.8, 4) is 0 Å². The van der Waals surface area contributed by atoms with Crippen LogP contribution in [-0.4, -0.2) is 11.9 Å². The normalized spacial score (nSPS) is 32.6. The molecule has 3 aliphatic rings. The van der Waals surface area contributed by atoms with Crippen LogP contribution in [0.2, 0.25) is 0 Å². The summed E-state index contributed by atoms with van der Waals surface area (Å²) in [4.78, 5) is 8.50. The molecule has 2 nitrogen and oxygen atoms in total. The molecule has 0 aromatic heterocycles. The Kier molecular flexibility index (Phi) is 1.13. The van der Waals surface area contributed by atoms with Crippen molar-refractivity contribution in [3.05, 3.63) is 48.4 Å². The molecule has 0 aromatic carbocycles. The largest absolute Gasteiger partial charge is 0.267 e. The Bertz CT molecular complexity index is 433. The van der Waals surface area contributed by atoms with E-state index in [1.807, 2.05) is 36.8 Å². The Morgan fingerprint density at radius 3 is 3.15 bits per heavy atom. The molecule has 62 valence electrons. The Hall–Kier alpha value is -1.70. The Labute approximate surface area is 76.4 Å². The summed E-state index contributed by atoms with van der Waals surface area (Å²) >= 11 is 0. The molecule has 0 aromatic rings. The maximum atomic E-state index is 4.32. The molecule has 0 amide bonds. The molecule has 1 aliphatic carbocycles. The van der Waals surface area contributed by atoms with Gasteiger partial charge in [0.1, 0.15) is 0 Å². The predicted molar refractivity (Wildman–Crippen MR) is 53.9 cm³/mol. The van der Waals surface area contributed by atoms with Gasteiger partial charge < -0.3 is 0 Å². The first kappa shape index (κ1) is 6.78. The number of hydrogen-bond donors (Lipinski definition) is 0. The summed E-state index contributed by atoms with van der Waals surface area (Å²) in [6.07, 6.45) is 15.9. The summed E-state index contributed by atoms with van der Waals surface area (Å²) < 4.78 is 0. The summed E-state index contributed by atoms with van der Waals surface area (Å²) in [7, 11) is 0. The van der Waals surface area contributed by atoms with Crippen LogP contribution in [0.25, 0.3) is 0 Å². The van der Waals surface area contributed by atoms with Crippen molar-refractivity contribution in [2.24, 2.45) is 15.4 Å². The van der Waals surface area contributed by atoms with Crippen molar-refractivity contribution in [3.63, 3.8) is 0 Å². The molecule has 3 rings (SSSR count). The van der Waals surface area contributed by atoms with Gasteiger partial charge in [-0.3, -0.25) is 9.98 Å². The van der Waals surface area contributed by atoms with Gasteiger partial charge in [0.05, 0.1) is 11.1 Å². The molecular weight excluding hydrogens is 160 g/mol. The third-order valence-corrected chi connectivity index (χ3v) is 2.60. The summed E-state index contributed by atoms with van der Waals surface area (Å²) in [6, 6.07) is 0. The van der Waals surface area contributed by atoms with Gasteiger partial charge in [-0.05, 0) is 23.8 Å². The molecule has 0 saturated carbocycles. The zero-order chi connectivity index (χ0) is 8.73. The van der Waals surface area contributed by atoms with Crippen molar-refractivity contribution in [1.82, 2.24) is 0 Å². The predicted octanol–water partition coefficient (Wildman–Crippen LogP) is 2.04. The molecule has 1 unspecified atom stereocenters. The smallest absolute Gasteiger partial charge is 0.0925 e. The number of hydrogen-bond acceptors (Lipinski definition) is 2. The molecule has 2 aliphatic heterocycles. The first-order chi connectivity index (χ1) is 6.42. The number of aliphatic imine (C=N–C) groups is 2. The minimum atomic E-state index is -0.149. The number of rotatable bonds is 0. The lowest BCUT2D eigenvalue weighted by atomic mass is 9.74. The van der Waals surface area contributed by atoms with E-state index in [9.17, 15) is 0 Å². The van der Waals surface area contributed by atoms with Crippen LogP contribution in [-0.2, 0) is 0 Å². The fourth-order valence-electron chi connectivity index (χ4n) is 1.89. The van der Waals surface area contributed by atoms with Crippen LogP contribution >= 0.6 is 0 Å². The molecule has 13 heavy (non-hydrogen) atoms. The average molecular weight is 168 g/mol. The fraction of sp³-hybridized carbons (Fsp3) is 0.0909. The van der Waals surface area contributed by atoms with Crippen LogP contribution in [0.1, 0.15) is 0 Å². The highest BCUT2D eigenvalue weighted by Gasteiger charge is 2.37. The quantitative estimate of drug-likeness (QED) is 0.528. The van der Waals surface area contributed by atoms with E-state index < -0.39 is 0 Å². The van der Waals surface area contributed by atoms with Gasteiger partial charge in [0.15, 0.2) is 0 Å². The van der Waals surface area contributed by atoms with Crippen molar-refractivity contribution < 1.29 is 0 Å². The van der Waals surface area contributed by atoms with Crippen LogP contribution in [0, 0.1) is 5.41 Å². The Morgan fingerprint density at radius 2 is 2.15 bits per heavy atom. The van der Waals surface area contributed by atoms with Crippen molar-refractivity contribution in [2.75, 3.05) is 0 Å². The zero-order valence-corrected chi connectivity index (χ0v) is 7.01. The van der Waals surface area contributed by atoms with Crippen LogP contribution in [0.15, 0.2) is 58.3 Å². The lowest BCUT2D eigenvalue weighted by molar-refractivity contribution is 0.917. The summed E-state index contributed by atoms with van der Waals surface area (Å²) in [5.74, 6) is 0. The molecule has 0 radical (unpaired) electrons. The minimum absolute atomic E-state index is 0.149. The van der Waals surface area contributed by atoms with E-state index in [2.05, 4.69) is 22.1 Å². The highest BCUT2D eigenvalue weighted by molar-refractivity contribution is 6.17. The van der Waals surface area contributed by atoms with Gasteiger partial charge in [0.2, 0.25) is 0 Å². The number of nitrogens with zero attached hydrogens (tertiary/aromatic N) is 2. The Morgan fingerprint density at radius 1 is 1.15 bits per heavy atom. The maximum absolute atomic E-state index is 4.32. The minimum Gasteiger partial charge on any atom is -0.267 e. The van der Waals surface area contributed by atoms with Crippen molar-refractivity contribution in [1.29, 1.82) is 0 Å². The summed E-state index contributed by atoms with van der Waals surface area (Å²) in [5.41, 5.74) is 2.17. The van der Waals surface area contributed by atoms with Gasteiger partial charge in [-0.1, -0.05) is 12.2 Å². The standard InChI is InChI=1S/C11H8N2/c1-2-9-4-6-12-8-11(9)5-7-13-10(11)3-1/h1-8H. The van der Waals surface area contributed by atoms with Gasteiger partial charge in [0.25, 0.3) is 0 Å². The molecule has 0 bridgehead atoms. The molecule has 0 saturated heterocycles. The van der Waals surface area contributed by atoms with E-state index >= 15 is 0 Å². The third kappa shape index (κ3) is 0.724. The molecule has 2 heteroatoms. The van der Waals surface area contributed by atoms with E-state index in [0.29, 0.717) is 0 Å². The first-order valence-corrected chi connectivity index (χ1v) is 4.27. The molecular formula is C11H8N2. The average Bonchev–Trinajstić information content (AvgIpc) is 2.58. The lowest BCUT2D eigenvalue weighted by Crippen LogP contribution is -2.31. The highest BCUT2D eigenvalue weighted by atomic mass is 14.8. The van der Waals surface area contributed by atoms with E-state index in [4.69, 9.17) is 0 Å². The summed E-state index contributed by atoms with van der Waals surface area (Å²) in [5, 5.41) is 0. The molecule has 1 atom stereocenters. The third-order valence-electron chi connectivity index (χ3n) is 2.60. The van der Waals surface area contributed by atoms with Gasteiger partial charge in [-0.15, -0.1) is 0 Å². The van der Waals surface area contributed by atoms with E-state index in [-0.39, 0.29) is 5.41 Å². The van der Waals surface area contributed by atoms with Gasteiger partial charge in [-0.2, -0.15) is 0 Å². The van der Waals surface area contributed by atoms with E-state index in [0.717, 1.165) is 5.71 Å². The van der Waals surface area contributed by atoms with Crippen LogP contribution in [0.5, 0.6) is 0 Å². The topological polar surface area (TPSA) is 24.7 Å². The molecule has 0 N–H and O–H groups in total. The van der Waals surface area contributed by atoms with E-state index in [1.54, 1.807) is 0 Å². The first-order valence-electron chi connectivity index (χ1n) is 4.27. The summed E-state index contributed by atoms with van der Waals surface area (Å²) in [6.45, 7) is 0. The second kappa shape index (κ2) is 2.16. The van der Waals surface area contributed by atoms with E-state index in [1.165, 1.54) is 5.57 Å². The van der Waals surface area contributed by atoms with Crippen molar-refractivity contribution in [2.45, 2.75) is 0 Å². The second-order valence-electron chi connectivity index (χ2n) is 3.27. The maximum Gasteiger partial charge on any atom is 0.0925 e. The van der Waals surface area contributed by atoms with Crippen LogP contribution in [0.3, 0.4) is 0 Å². The lowest BCUT2D eigenvalue weighted by Gasteiger charge is -2.28. The second-order valence-corrected chi connectivity index (χ2v) is 3.27. The molecule has 0 fully saturated rings. The zero-order valence-electron chi connectivity index (χ0n) is 7.01. The SMILES string of the molecule is C1=CC2=NC=CC23C=NC=CC3=C1. The molecule has 1 spiro atoms. The van der Waals surface area contributed by atoms with Gasteiger partial charge in [-0.25, -0.2) is 0 Å². The van der Waals surface area contributed by atoms with Gasteiger partial charge in [0, 0.05) is 18.6 Å². The van der Waals surface area contributed by atoms with Crippen molar-refractivity contribution >= 4 is 11.9 Å². The number of allylic oxidation sites excluding steroid dienone is 6. The highest BCUT2D eigenvalue weighted by Crippen LogP contribution is 2.38. The Balaban J connectivity index is 2.28. The van der Waals surface area contributed by atoms with Gasteiger partial charge >= 0.3 is 0 Å².